The predicted octanol–water partition coefficient (Wildman–Crippen LogP) is 3.84. The van der Waals surface area contributed by atoms with E-state index in [4.69, 9.17) is 44.1 Å². The number of anilines is 2. The molecule has 0 heterocycles. The second-order valence-electron chi connectivity index (χ2n) is 4.15. The molecule has 0 unspecified atom stereocenters. The molecule has 0 fully saturated rings. The third-order valence-electron chi connectivity index (χ3n) is 2.93. The van der Waals surface area contributed by atoms with E-state index in [0.29, 0.717) is 44.0 Å². The predicted molar refractivity (Wildman–Crippen MR) is 83.8 cm³/mol. The zero-order chi connectivity index (χ0) is 14.9. The first-order chi connectivity index (χ1) is 9.47. The number of methoxy groups -OCH3 is 2. The Hall–Kier alpha value is -1.78. The molecule has 2 rings (SSSR count). The second-order valence-corrected chi connectivity index (χ2v) is 4.96. The molecule has 0 atom stereocenters. The molecule has 0 aliphatic rings. The van der Waals surface area contributed by atoms with E-state index in [9.17, 15) is 0 Å². The molecule has 0 amide bonds. The molecule has 4 nitrogen and oxygen atoms in total. The fraction of sp³-hybridized carbons (Fsp3) is 0.143. The molecular weight excluding hydrogens is 299 g/mol. The van der Waals surface area contributed by atoms with Gasteiger partial charge < -0.3 is 20.9 Å². The van der Waals surface area contributed by atoms with Crippen molar-refractivity contribution >= 4 is 34.6 Å². The Bertz CT molecular complexity index is 603. The third-order valence-corrected chi connectivity index (χ3v) is 3.55. The van der Waals surface area contributed by atoms with E-state index in [1.54, 1.807) is 24.3 Å². The zero-order valence-electron chi connectivity index (χ0n) is 11.0. The van der Waals surface area contributed by atoms with Crippen molar-refractivity contribution < 1.29 is 9.47 Å². The summed E-state index contributed by atoms with van der Waals surface area (Å²) >= 11 is 12.5. The molecule has 20 heavy (non-hydrogen) atoms. The maximum Gasteiger partial charge on any atom is 0.142 e. The van der Waals surface area contributed by atoms with Crippen LogP contribution < -0.4 is 20.9 Å². The summed E-state index contributed by atoms with van der Waals surface area (Å²) in [5.41, 5.74) is 13.9. The topological polar surface area (TPSA) is 70.5 Å². The van der Waals surface area contributed by atoms with Crippen LogP contribution in [-0.2, 0) is 0 Å². The highest BCUT2D eigenvalue weighted by Crippen LogP contribution is 2.41. The van der Waals surface area contributed by atoms with E-state index in [1.165, 1.54) is 14.2 Å². The van der Waals surface area contributed by atoms with Crippen molar-refractivity contribution in [2.45, 2.75) is 0 Å². The molecule has 0 spiro atoms. The Kier molecular flexibility index (Phi) is 4.16. The minimum absolute atomic E-state index is 0.458. The van der Waals surface area contributed by atoms with Crippen LogP contribution in [0.25, 0.3) is 11.1 Å². The number of hydrogen-bond acceptors (Lipinski definition) is 4. The SMILES string of the molecule is COc1cc(-c2cc(OC)c(N)cc2Cl)c(Cl)cc1N. The van der Waals surface area contributed by atoms with Crippen LogP contribution in [0.3, 0.4) is 0 Å². The van der Waals surface area contributed by atoms with Gasteiger partial charge in [0.05, 0.1) is 35.6 Å². The number of hydrogen-bond donors (Lipinski definition) is 2. The van der Waals surface area contributed by atoms with Crippen molar-refractivity contribution in [3.63, 3.8) is 0 Å². The number of nitrogens with two attached hydrogens (primary N) is 2. The Morgan fingerprint density at radius 1 is 0.750 bits per heavy atom. The van der Waals surface area contributed by atoms with Crippen LogP contribution in [0.2, 0.25) is 10.0 Å². The minimum Gasteiger partial charge on any atom is -0.495 e. The van der Waals surface area contributed by atoms with Crippen LogP contribution in [0.1, 0.15) is 0 Å². The van der Waals surface area contributed by atoms with Gasteiger partial charge in [0, 0.05) is 11.1 Å². The lowest BCUT2D eigenvalue weighted by Crippen LogP contribution is -1.96. The maximum absolute atomic E-state index is 6.23. The molecule has 0 aliphatic heterocycles. The average molecular weight is 313 g/mol. The van der Waals surface area contributed by atoms with Gasteiger partial charge in [-0.15, -0.1) is 0 Å². The Morgan fingerprint density at radius 3 is 1.40 bits per heavy atom. The lowest BCUT2D eigenvalue weighted by Gasteiger charge is -2.13. The lowest BCUT2D eigenvalue weighted by atomic mass is 10.0. The fourth-order valence-corrected chi connectivity index (χ4v) is 2.45. The molecule has 0 aliphatic carbocycles. The normalized spacial score (nSPS) is 10.4. The molecule has 2 aromatic rings. The summed E-state index contributed by atoms with van der Waals surface area (Å²) in [5, 5.41) is 0.939. The van der Waals surface area contributed by atoms with E-state index in [2.05, 4.69) is 0 Å². The second kappa shape index (κ2) is 5.69. The summed E-state index contributed by atoms with van der Waals surface area (Å²) in [6.45, 7) is 0. The standard InChI is InChI=1S/C14H14Cl2N2O2/c1-19-13-3-7(9(15)5-11(13)17)8-4-14(20-2)12(18)6-10(8)16/h3-6H,17-18H2,1-2H3. The fourth-order valence-electron chi connectivity index (χ4n) is 1.90. The lowest BCUT2D eigenvalue weighted by molar-refractivity contribution is 0.416. The zero-order valence-corrected chi connectivity index (χ0v) is 12.5. The first-order valence-corrected chi connectivity index (χ1v) is 6.50. The summed E-state index contributed by atoms with van der Waals surface area (Å²) in [4.78, 5) is 0. The molecule has 2 aromatic carbocycles. The van der Waals surface area contributed by atoms with Crippen LogP contribution >= 0.6 is 23.2 Å². The van der Waals surface area contributed by atoms with Crippen molar-refractivity contribution in [1.29, 1.82) is 0 Å². The van der Waals surface area contributed by atoms with Crippen molar-refractivity contribution in [3.05, 3.63) is 34.3 Å². The Labute approximate surface area is 127 Å². The van der Waals surface area contributed by atoms with Crippen LogP contribution in [0.4, 0.5) is 11.4 Å². The smallest absolute Gasteiger partial charge is 0.142 e. The van der Waals surface area contributed by atoms with Crippen LogP contribution in [0.5, 0.6) is 11.5 Å². The van der Waals surface area contributed by atoms with Crippen molar-refractivity contribution in [2.24, 2.45) is 0 Å². The number of benzene rings is 2. The molecule has 0 saturated carbocycles. The van der Waals surface area contributed by atoms with Crippen LogP contribution in [0.15, 0.2) is 24.3 Å². The molecule has 6 heteroatoms. The summed E-state index contributed by atoms with van der Waals surface area (Å²) in [7, 11) is 3.07. The molecule has 106 valence electrons. The highest BCUT2D eigenvalue weighted by molar-refractivity contribution is 6.37. The van der Waals surface area contributed by atoms with Gasteiger partial charge in [-0.1, -0.05) is 23.2 Å². The summed E-state index contributed by atoms with van der Waals surface area (Å²) in [6, 6.07) is 6.70. The largest absolute Gasteiger partial charge is 0.495 e. The van der Waals surface area contributed by atoms with Gasteiger partial charge in [-0.05, 0) is 24.3 Å². The first-order valence-electron chi connectivity index (χ1n) is 5.74. The molecule has 0 aromatic heterocycles. The quantitative estimate of drug-likeness (QED) is 0.845. The van der Waals surface area contributed by atoms with Crippen LogP contribution in [0, 0.1) is 0 Å². The van der Waals surface area contributed by atoms with Crippen LogP contribution in [-0.4, -0.2) is 14.2 Å². The highest BCUT2D eigenvalue weighted by Gasteiger charge is 2.14. The maximum atomic E-state index is 6.23. The highest BCUT2D eigenvalue weighted by atomic mass is 35.5. The monoisotopic (exact) mass is 312 g/mol. The van der Waals surface area contributed by atoms with Gasteiger partial charge in [0.15, 0.2) is 0 Å². The average Bonchev–Trinajstić information content (AvgIpc) is 2.40. The van der Waals surface area contributed by atoms with E-state index in [1.807, 2.05) is 0 Å². The van der Waals surface area contributed by atoms with Gasteiger partial charge >= 0.3 is 0 Å². The van der Waals surface area contributed by atoms with Gasteiger partial charge in [0.1, 0.15) is 11.5 Å². The summed E-state index contributed by atoms with van der Waals surface area (Å²) < 4.78 is 10.4. The van der Waals surface area contributed by atoms with Gasteiger partial charge in [0.2, 0.25) is 0 Å². The first kappa shape index (κ1) is 14.6. The summed E-state index contributed by atoms with van der Waals surface area (Å²) in [6.07, 6.45) is 0. The number of nitrogen functional groups attached to an aromatic ring is 2. The summed E-state index contributed by atoms with van der Waals surface area (Å²) in [5.74, 6) is 1.05. The van der Waals surface area contributed by atoms with E-state index in [-0.39, 0.29) is 0 Å². The molecule has 0 radical (unpaired) electrons. The van der Waals surface area contributed by atoms with Gasteiger partial charge in [-0.3, -0.25) is 0 Å². The number of halogens is 2. The molecule has 0 bridgehead atoms. The Balaban J connectivity index is 2.67. The molecular formula is C14H14Cl2N2O2. The van der Waals surface area contributed by atoms with Crippen molar-refractivity contribution in [3.8, 4) is 22.6 Å². The van der Waals surface area contributed by atoms with E-state index < -0.39 is 0 Å². The minimum atomic E-state index is 0.458. The number of ether oxygens (including phenoxy) is 2. The van der Waals surface area contributed by atoms with E-state index >= 15 is 0 Å². The van der Waals surface area contributed by atoms with E-state index in [0.717, 1.165) is 0 Å². The van der Waals surface area contributed by atoms with Gasteiger partial charge in [-0.25, -0.2) is 0 Å². The van der Waals surface area contributed by atoms with Crippen molar-refractivity contribution in [2.75, 3.05) is 25.7 Å². The van der Waals surface area contributed by atoms with Gasteiger partial charge in [-0.2, -0.15) is 0 Å². The van der Waals surface area contributed by atoms with Crippen molar-refractivity contribution in [1.82, 2.24) is 0 Å². The Morgan fingerprint density at radius 2 is 1.10 bits per heavy atom. The number of rotatable bonds is 3. The molecule has 0 saturated heterocycles. The third kappa shape index (κ3) is 2.57. The molecule has 4 N–H and O–H groups in total. The van der Waals surface area contributed by atoms with Gasteiger partial charge in [0.25, 0.3) is 0 Å².